The van der Waals surface area contributed by atoms with Gasteiger partial charge in [0.1, 0.15) is 11.6 Å². The molecule has 2 aromatic rings. The quantitative estimate of drug-likeness (QED) is 0.814. The zero-order valence-electron chi connectivity index (χ0n) is 11.1. The van der Waals surface area contributed by atoms with Crippen molar-refractivity contribution in [3.05, 3.63) is 33.7 Å². The SMILES string of the molecule is CCCNCc1oc2c(Br)ccc(F)c2c1COC. The largest absolute Gasteiger partial charge is 0.458 e. The molecule has 3 nitrogen and oxygen atoms in total. The predicted octanol–water partition coefficient (Wildman–Crippen LogP) is 3.98. The molecular formula is C14H17BrFNO2. The Balaban J connectivity index is 2.47. The van der Waals surface area contributed by atoms with E-state index >= 15 is 0 Å². The molecule has 0 radical (unpaired) electrons. The first-order valence-electron chi connectivity index (χ1n) is 6.27. The maximum atomic E-state index is 14.0. The fourth-order valence-electron chi connectivity index (χ4n) is 2.06. The zero-order valence-corrected chi connectivity index (χ0v) is 12.6. The van der Waals surface area contributed by atoms with Crippen LogP contribution in [0.2, 0.25) is 0 Å². The second-order valence-electron chi connectivity index (χ2n) is 4.35. The minimum atomic E-state index is -0.282. The molecule has 0 spiro atoms. The van der Waals surface area contributed by atoms with Gasteiger partial charge in [0.15, 0.2) is 5.58 Å². The monoisotopic (exact) mass is 329 g/mol. The van der Waals surface area contributed by atoms with Gasteiger partial charge in [0.05, 0.1) is 23.0 Å². The Hall–Kier alpha value is -0.910. The second-order valence-corrected chi connectivity index (χ2v) is 5.20. The van der Waals surface area contributed by atoms with Gasteiger partial charge in [-0.3, -0.25) is 0 Å². The van der Waals surface area contributed by atoms with Gasteiger partial charge in [-0.25, -0.2) is 4.39 Å². The molecule has 0 unspecified atom stereocenters. The van der Waals surface area contributed by atoms with Gasteiger partial charge in [0.2, 0.25) is 0 Å². The van der Waals surface area contributed by atoms with Crippen LogP contribution in [0.3, 0.4) is 0 Å². The summed E-state index contributed by atoms with van der Waals surface area (Å²) in [5, 5.41) is 3.77. The molecular weight excluding hydrogens is 313 g/mol. The van der Waals surface area contributed by atoms with Crippen LogP contribution in [0.1, 0.15) is 24.7 Å². The number of methoxy groups -OCH3 is 1. The van der Waals surface area contributed by atoms with Gasteiger partial charge in [-0.1, -0.05) is 6.92 Å². The molecule has 0 aliphatic rings. The molecule has 2 rings (SSSR count). The van der Waals surface area contributed by atoms with Gasteiger partial charge >= 0.3 is 0 Å². The number of ether oxygens (including phenoxy) is 1. The van der Waals surface area contributed by atoms with Gasteiger partial charge in [-0.15, -0.1) is 0 Å². The van der Waals surface area contributed by atoms with Crippen LogP contribution in [-0.2, 0) is 17.9 Å². The lowest BCUT2D eigenvalue weighted by Gasteiger charge is -2.03. The normalized spacial score (nSPS) is 11.4. The maximum absolute atomic E-state index is 14.0. The van der Waals surface area contributed by atoms with E-state index in [1.807, 2.05) is 0 Å². The molecule has 0 aliphatic carbocycles. The molecule has 104 valence electrons. The van der Waals surface area contributed by atoms with Gasteiger partial charge in [0, 0.05) is 12.7 Å². The summed E-state index contributed by atoms with van der Waals surface area (Å²) in [6.45, 7) is 3.90. The Bertz CT molecular complexity index is 568. The van der Waals surface area contributed by atoms with Crippen molar-refractivity contribution >= 4 is 26.9 Å². The standard InChI is InChI=1S/C14H17BrFNO2/c1-3-6-17-7-12-9(8-18-2)13-11(16)5-4-10(15)14(13)19-12/h4-5,17H,3,6-8H2,1-2H3. The summed E-state index contributed by atoms with van der Waals surface area (Å²) in [6, 6.07) is 3.09. The van der Waals surface area contributed by atoms with E-state index in [0.29, 0.717) is 24.1 Å². The third-order valence-electron chi connectivity index (χ3n) is 2.92. The van der Waals surface area contributed by atoms with Crippen molar-refractivity contribution in [3.63, 3.8) is 0 Å². The molecule has 0 saturated heterocycles. The fourth-order valence-corrected chi connectivity index (χ4v) is 2.47. The lowest BCUT2D eigenvalue weighted by atomic mass is 10.1. The highest BCUT2D eigenvalue weighted by Crippen LogP contribution is 2.34. The first-order valence-corrected chi connectivity index (χ1v) is 7.06. The molecule has 5 heteroatoms. The summed E-state index contributed by atoms with van der Waals surface area (Å²) < 4.78 is 25.7. The number of hydrogen-bond donors (Lipinski definition) is 1. The van der Waals surface area contributed by atoms with Crippen molar-refractivity contribution < 1.29 is 13.5 Å². The molecule has 1 heterocycles. The van der Waals surface area contributed by atoms with Crippen molar-refractivity contribution in [2.75, 3.05) is 13.7 Å². The van der Waals surface area contributed by atoms with Crippen molar-refractivity contribution in [1.29, 1.82) is 0 Å². The molecule has 0 aliphatic heterocycles. The van der Waals surface area contributed by atoms with E-state index in [2.05, 4.69) is 28.2 Å². The minimum absolute atomic E-state index is 0.282. The van der Waals surface area contributed by atoms with E-state index in [-0.39, 0.29) is 5.82 Å². The van der Waals surface area contributed by atoms with Gasteiger partial charge in [0.25, 0.3) is 0 Å². The Labute approximate surface area is 120 Å². The van der Waals surface area contributed by atoms with Crippen LogP contribution in [0.15, 0.2) is 21.0 Å². The average molecular weight is 330 g/mol. The highest BCUT2D eigenvalue weighted by molar-refractivity contribution is 9.10. The average Bonchev–Trinajstić information content (AvgIpc) is 2.75. The Morgan fingerprint density at radius 1 is 1.42 bits per heavy atom. The molecule has 0 amide bonds. The summed E-state index contributed by atoms with van der Waals surface area (Å²) in [4.78, 5) is 0. The van der Waals surface area contributed by atoms with E-state index in [1.165, 1.54) is 6.07 Å². The van der Waals surface area contributed by atoms with E-state index in [9.17, 15) is 4.39 Å². The lowest BCUT2D eigenvalue weighted by molar-refractivity contribution is 0.183. The fraction of sp³-hybridized carbons (Fsp3) is 0.429. The van der Waals surface area contributed by atoms with Crippen LogP contribution < -0.4 is 5.32 Å². The summed E-state index contributed by atoms with van der Waals surface area (Å²) in [5.41, 5.74) is 1.32. The van der Waals surface area contributed by atoms with Crippen LogP contribution in [0.5, 0.6) is 0 Å². The summed E-state index contributed by atoms with van der Waals surface area (Å²) in [6.07, 6.45) is 1.04. The minimum Gasteiger partial charge on any atom is -0.458 e. The smallest absolute Gasteiger partial charge is 0.151 e. The summed E-state index contributed by atoms with van der Waals surface area (Å²) >= 11 is 3.39. The van der Waals surface area contributed by atoms with E-state index in [4.69, 9.17) is 9.15 Å². The number of fused-ring (bicyclic) bond motifs is 1. The molecule has 0 saturated carbocycles. The van der Waals surface area contributed by atoms with Crippen molar-refractivity contribution in [2.24, 2.45) is 0 Å². The van der Waals surface area contributed by atoms with Crippen LogP contribution in [0.25, 0.3) is 11.0 Å². The molecule has 1 aromatic heterocycles. The van der Waals surface area contributed by atoms with Crippen LogP contribution in [0.4, 0.5) is 4.39 Å². The maximum Gasteiger partial charge on any atom is 0.151 e. The van der Waals surface area contributed by atoms with Crippen molar-refractivity contribution in [3.8, 4) is 0 Å². The summed E-state index contributed by atoms with van der Waals surface area (Å²) in [5.74, 6) is 0.451. The number of nitrogens with one attached hydrogen (secondary N) is 1. The van der Waals surface area contributed by atoms with E-state index in [0.717, 1.165) is 28.8 Å². The molecule has 1 aromatic carbocycles. The van der Waals surface area contributed by atoms with Gasteiger partial charge < -0.3 is 14.5 Å². The molecule has 1 N–H and O–H groups in total. The molecule has 0 bridgehead atoms. The third kappa shape index (κ3) is 2.99. The molecule has 0 atom stereocenters. The number of hydrogen-bond acceptors (Lipinski definition) is 3. The van der Waals surface area contributed by atoms with Crippen LogP contribution in [0, 0.1) is 5.82 Å². The number of benzene rings is 1. The molecule has 0 fully saturated rings. The predicted molar refractivity (Wildman–Crippen MR) is 76.6 cm³/mol. The number of furan rings is 1. The van der Waals surface area contributed by atoms with Crippen LogP contribution in [-0.4, -0.2) is 13.7 Å². The zero-order chi connectivity index (χ0) is 13.8. The topological polar surface area (TPSA) is 34.4 Å². The first kappa shape index (κ1) is 14.5. The number of rotatable bonds is 6. The first-order chi connectivity index (χ1) is 9.19. The van der Waals surface area contributed by atoms with Crippen LogP contribution >= 0.6 is 15.9 Å². The van der Waals surface area contributed by atoms with Gasteiger partial charge in [-0.2, -0.15) is 0 Å². The second kappa shape index (κ2) is 6.50. The Morgan fingerprint density at radius 3 is 2.89 bits per heavy atom. The molecule has 19 heavy (non-hydrogen) atoms. The van der Waals surface area contributed by atoms with Crippen molar-refractivity contribution in [2.45, 2.75) is 26.5 Å². The van der Waals surface area contributed by atoms with E-state index in [1.54, 1.807) is 13.2 Å². The Morgan fingerprint density at radius 2 is 2.21 bits per heavy atom. The van der Waals surface area contributed by atoms with E-state index < -0.39 is 0 Å². The highest BCUT2D eigenvalue weighted by atomic mass is 79.9. The van der Waals surface area contributed by atoms with Crippen molar-refractivity contribution in [1.82, 2.24) is 5.32 Å². The summed E-state index contributed by atoms with van der Waals surface area (Å²) in [7, 11) is 1.60. The highest BCUT2D eigenvalue weighted by Gasteiger charge is 2.19. The number of halogens is 2. The third-order valence-corrected chi connectivity index (χ3v) is 3.55. The Kier molecular flexibility index (Phi) is 4.96. The lowest BCUT2D eigenvalue weighted by Crippen LogP contribution is -2.14. The van der Waals surface area contributed by atoms with Gasteiger partial charge in [-0.05, 0) is 41.0 Å².